The molecule has 1 heterocycles. The van der Waals surface area contributed by atoms with Gasteiger partial charge in [0.1, 0.15) is 5.82 Å². The molecule has 1 N–H and O–H groups in total. The molecular formula is C11H17N3O2. The number of anilines is 1. The van der Waals surface area contributed by atoms with Gasteiger partial charge >= 0.3 is 5.97 Å². The molecule has 5 heteroatoms. The summed E-state index contributed by atoms with van der Waals surface area (Å²) in [5.74, 6) is -0.483. The average molecular weight is 223 g/mol. The van der Waals surface area contributed by atoms with Crippen molar-refractivity contribution in [2.45, 2.75) is 32.7 Å². The molecule has 0 fully saturated rings. The molecule has 0 aliphatic carbocycles. The first-order chi connectivity index (χ1) is 7.38. The summed E-state index contributed by atoms with van der Waals surface area (Å²) in [6.45, 7) is 6.22. The molecule has 0 unspecified atom stereocenters. The van der Waals surface area contributed by atoms with E-state index in [1.807, 2.05) is 11.9 Å². The number of aromatic carboxylic acids is 1. The van der Waals surface area contributed by atoms with Crippen LogP contribution in [0.3, 0.4) is 0 Å². The van der Waals surface area contributed by atoms with E-state index in [1.54, 1.807) is 6.20 Å². The maximum absolute atomic E-state index is 10.8. The van der Waals surface area contributed by atoms with Gasteiger partial charge in [0.15, 0.2) is 5.69 Å². The second kappa shape index (κ2) is 4.47. The van der Waals surface area contributed by atoms with E-state index in [9.17, 15) is 4.79 Å². The highest BCUT2D eigenvalue weighted by Gasteiger charge is 2.23. The van der Waals surface area contributed by atoms with Crippen LogP contribution in [0.5, 0.6) is 0 Å². The second-order valence-corrected chi connectivity index (χ2v) is 4.29. The highest BCUT2D eigenvalue weighted by Crippen LogP contribution is 2.22. The Labute approximate surface area is 95.1 Å². The number of hydrogen-bond donors (Lipinski definition) is 1. The van der Waals surface area contributed by atoms with E-state index in [-0.39, 0.29) is 11.2 Å². The van der Waals surface area contributed by atoms with Crippen molar-refractivity contribution >= 4 is 11.8 Å². The van der Waals surface area contributed by atoms with E-state index in [0.717, 1.165) is 6.42 Å². The topological polar surface area (TPSA) is 66.3 Å². The molecule has 0 amide bonds. The normalized spacial score (nSPS) is 11.2. The molecule has 0 aliphatic heterocycles. The fraction of sp³-hybridized carbons (Fsp3) is 0.545. The van der Waals surface area contributed by atoms with E-state index < -0.39 is 5.97 Å². The van der Waals surface area contributed by atoms with Gasteiger partial charge in [-0.3, -0.25) is 4.98 Å². The summed E-state index contributed by atoms with van der Waals surface area (Å²) in [4.78, 5) is 20.7. The van der Waals surface area contributed by atoms with E-state index in [2.05, 4.69) is 30.7 Å². The molecule has 1 rings (SSSR count). The fourth-order valence-electron chi connectivity index (χ4n) is 1.17. The Bertz CT molecular complexity index is 391. The van der Waals surface area contributed by atoms with Crippen LogP contribution in [0.2, 0.25) is 0 Å². The SMILES string of the molecule is CCC(C)(C)N(C)c1cncc(C(=O)O)n1. The van der Waals surface area contributed by atoms with Crippen LogP contribution in [0.15, 0.2) is 12.4 Å². The van der Waals surface area contributed by atoms with Crippen molar-refractivity contribution in [3.8, 4) is 0 Å². The zero-order chi connectivity index (χ0) is 12.3. The first-order valence-electron chi connectivity index (χ1n) is 5.17. The smallest absolute Gasteiger partial charge is 0.356 e. The van der Waals surface area contributed by atoms with Gasteiger partial charge in [0.2, 0.25) is 0 Å². The van der Waals surface area contributed by atoms with Gasteiger partial charge in [-0.1, -0.05) is 6.92 Å². The van der Waals surface area contributed by atoms with Crippen LogP contribution in [0, 0.1) is 0 Å². The molecule has 0 radical (unpaired) electrons. The van der Waals surface area contributed by atoms with Crippen molar-refractivity contribution in [3.05, 3.63) is 18.1 Å². The summed E-state index contributed by atoms with van der Waals surface area (Å²) in [6, 6.07) is 0. The Kier molecular flexibility index (Phi) is 3.47. The third kappa shape index (κ3) is 2.48. The third-order valence-corrected chi connectivity index (χ3v) is 2.96. The summed E-state index contributed by atoms with van der Waals surface area (Å²) >= 11 is 0. The molecule has 0 saturated heterocycles. The number of hydrogen-bond acceptors (Lipinski definition) is 4. The molecule has 0 aromatic carbocycles. The second-order valence-electron chi connectivity index (χ2n) is 4.29. The number of aromatic nitrogens is 2. The maximum atomic E-state index is 10.8. The molecule has 5 nitrogen and oxygen atoms in total. The molecule has 0 bridgehead atoms. The van der Waals surface area contributed by atoms with Gasteiger partial charge in [-0.25, -0.2) is 9.78 Å². The number of rotatable bonds is 4. The zero-order valence-corrected chi connectivity index (χ0v) is 10.1. The van der Waals surface area contributed by atoms with E-state index >= 15 is 0 Å². The van der Waals surface area contributed by atoms with E-state index in [4.69, 9.17) is 5.11 Å². The summed E-state index contributed by atoms with van der Waals surface area (Å²) in [6.07, 6.45) is 3.75. The van der Waals surface area contributed by atoms with Gasteiger partial charge < -0.3 is 10.0 Å². The lowest BCUT2D eigenvalue weighted by Gasteiger charge is -2.35. The molecule has 88 valence electrons. The fourth-order valence-corrected chi connectivity index (χ4v) is 1.17. The molecule has 0 atom stereocenters. The molecule has 0 spiro atoms. The van der Waals surface area contributed by atoms with Crippen LogP contribution in [-0.4, -0.2) is 33.6 Å². The lowest BCUT2D eigenvalue weighted by molar-refractivity contribution is 0.0690. The summed E-state index contributed by atoms with van der Waals surface area (Å²) < 4.78 is 0. The Morgan fingerprint density at radius 2 is 2.12 bits per heavy atom. The lowest BCUT2D eigenvalue weighted by atomic mass is 10.0. The minimum Gasteiger partial charge on any atom is -0.476 e. The molecule has 0 saturated carbocycles. The van der Waals surface area contributed by atoms with E-state index in [0.29, 0.717) is 5.82 Å². The van der Waals surface area contributed by atoms with Crippen LogP contribution >= 0.6 is 0 Å². The van der Waals surface area contributed by atoms with Crippen LogP contribution in [0.25, 0.3) is 0 Å². The van der Waals surface area contributed by atoms with Crippen LogP contribution in [0.1, 0.15) is 37.7 Å². The number of nitrogens with zero attached hydrogens (tertiary/aromatic N) is 3. The number of carboxylic acid groups (broad SMARTS) is 1. The van der Waals surface area contributed by atoms with Crippen molar-refractivity contribution < 1.29 is 9.90 Å². The Hall–Kier alpha value is -1.65. The first kappa shape index (κ1) is 12.4. The maximum Gasteiger partial charge on any atom is 0.356 e. The number of carboxylic acids is 1. The molecule has 0 aliphatic rings. The van der Waals surface area contributed by atoms with E-state index in [1.165, 1.54) is 6.20 Å². The van der Waals surface area contributed by atoms with Crippen molar-refractivity contribution in [1.29, 1.82) is 0 Å². The number of carbonyl (C=O) groups is 1. The highest BCUT2D eigenvalue weighted by atomic mass is 16.4. The van der Waals surface area contributed by atoms with Gasteiger partial charge in [0, 0.05) is 12.6 Å². The summed E-state index contributed by atoms with van der Waals surface area (Å²) in [5, 5.41) is 8.83. The molecule has 1 aromatic rings. The standard InChI is InChI=1S/C11H17N3O2/c1-5-11(2,3)14(4)9-7-12-6-8(13-9)10(15)16/h6-7H,5H2,1-4H3,(H,15,16). The average Bonchev–Trinajstić information content (AvgIpc) is 2.28. The predicted molar refractivity (Wildman–Crippen MR) is 61.8 cm³/mol. The van der Waals surface area contributed by atoms with Crippen molar-refractivity contribution in [2.24, 2.45) is 0 Å². The van der Waals surface area contributed by atoms with Crippen LogP contribution in [-0.2, 0) is 0 Å². The highest BCUT2D eigenvalue weighted by molar-refractivity contribution is 5.85. The van der Waals surface area contributed by atoms with Crippen molar-refractivity contribution in [3.63, 3.8) is 0 Å². The van der Waals surface area contributed by atoms with Gasteiger partial charge in [-0.2, -0.15) is 0 Å². The van der Waals surface area contributed by atoms with Crippen molar-refractivity contribution in [2.75, 3.05) is 11.9 Å². The predicted octanol–water partition coefficient (Wildman–Crippen LogP) is 1.80. The minimum atomic E-state index is -1.06. The molecular weight excluding hydrogens is 206 g/mol. The van der Waals surface area contributed by atoms with Gasteiger partial charge in [-0.05, 0) is 20.3 Å². The minimum absolute atomic E-state index is 0.0312. The van der Waals surface area contributed by atoms with Crippen LogP contribution < -0.4 is 4.90 Å². The summed E-state index contributed by atoms with van der Waals surface area (Å²) in [7, 11) is 1.89. The lowest BCUT2D eigenvalue weighted by Crippen LogP contribution is -2.41. The monoisotopic (exact) mass is 223 g/mol. The molecule has 1 aromatic heterocycles. The Morgan fingerprint density at radius 3 is 2.62 bits per heavy atom. The Balaban J connectivity index is 3.05. The van der Waals surface area contributed by atoms with Gasteiger partial charge in [-0.15, -0.1) is 0 Å². The first-order valence-corrected chi connectivity index (χ1v) is 5.17. The zero-order valence-electron chi connectivity index (χ0n) is 10.1. The van der Waals surface area contributed by atoms with Gasteiger partial charge in [0.25, 0.3) is 0 Å². The molecule has 16 heavy (non-hydrogen) atoms. The van der Waals surface area contributed by atoms with Gasteiger partial charge in [0.05, 0.1) is 12.4 Å². The third-order valence-electron chi connectivity index (χ3n) is 2.96. The van der Waals surface area contributed by atoms with Crippen molar-refractivity contribution in [1.82, 2.24) is 9.97 Å². The summed E-state index contributed by atoms with van der Waals surface area (Å²) in [5.41, 5.74) is -0.109. The van der Waals surface area contributed by atoms with Crippen LogP contribution in [0.4, 0.5) is 5.82 Å². The largest absolute Gasteiger partial charge is 0.476 e. The Morgan fingerprint density at radius 1 is 1.50 bits per heavy atom. The quantitative estimate of drug-likeness (QED) is 0.843.